The van der Waals surface area contributed by atoms with Crippen LogP contribution in [0.4, 0.5) is 0 Å². The van der Waals surface area contributed by atoms with Gasteiger partial charge in [0.05, 0.1) is 0 Å². The zero-order chi connectivity index (χ0) is 15.9. The Bertz CT molecular complexity index is 375. The van der Waals surface area contributed by atoms with E-state index in [9.17, 15) is 4.79 Å². The number of rotatable bonds is 10. The molecule has 4 atom stereocenters. The van der Waals surface area contributed by atoms with E-state index in [1.54, 1.807) is 14.2 Å². The minimum atomic E-state index is -0.702. The topological polar surface area (TPSA) is 55.8 Å². The van der Waals surface area contributed by atoms with Gasteiger partial charge in [-0.15, -0.1) is 0 Å². The van der Waals surface area contributed by atoms with Gasteiger partial charge in [0.1, 0.15) is 0 Å². The summed E-state index contributed by atoms with van der Waals surface area (Å²) in [5.74, 6) is 2.48. The van der Waals surface area contributed by atoms with E-state index in [4.69, 9.17) is 14.6 Å². The highest BCUT2D eigenvalue weighted by Crippen LogP contribution is 2.55. The zero-order valence-corrected chi connectivity index (χ0v) is 13.9. The van der Waals surface area contributed by atoms with Gasteiger partial charge in [-0.3, -0.25) is 4.79 Å². The predicted molar refractivity (Wildman–Crippen MR) is 85.5 cm³/mol. The largest absolute Gasteiger partial charge is 0.481 e. The quantitative estimate of drug-likeness (QED) is 0.378. The molecule has 0 aromatic rings. The number of unbranched alkanes of at least 4 members (excludes halogenated alkanes) is 1. The van der Waals surface area contributed by atoms with Crippen molar-refractivity contribution in [1.82, 2.24) is 0 Å². The van der Waals surface area contributed by atoms with Crippen LogP contribution in [0.1, 0.15) is 51.4 Å². The van der Waals surface area contributed by atoms with Crippen molar-refractivity contribution < 1.29 is 19.4 Å². The average molecular weight is 310 g/mol. The van der Waals surface area contributed by atoms with Gasteiger partial charge in [-0.2, -0.15) is 0 Å². The number of ether oxygens (including phenoxy) is 2. The Morgan fingerprint density at radius 1 is 1.18 bits per heavy atom. The zero-order valence-electron chi connectivity index (χ0n) is 13.9. The average Bonchev–Trinajstić information content (AvgIpc) is 3.09. The van der Waals surface area contributed by atoms with Crippen molar-refractivity contribution in [3.05, 3.63) is 12.2 Å². The molecule has 0 saturated heterocycles. The van der Waals surface area contributed by atoms with E-state index in [1.807, 2.05) is 0 Å². The third kappa shape index (κ3) is 4.56. The maximum absolute atomic E-state index is 10.5. The van der Waals surface area contributed by atoms with E-state index < -0.39 is 5.97 Å². The van der Waals surface area contributed by atoms with Gasteiger partial charge < -0.3 is 14.6 Å². The Kier molecular flexibility index (Phi) is 6.90. The fourth-order valence-electron chi connectivity index (χ4n) is 4.52. The minimum absolute atomic E-state index is 0.0774. The van der Waals surface area contributed by atoms with Gasteiger partial charge in [0, 0.05) is 27.1 Å². The summed E-state index contributed by atoms with van der Waals surface area (Å²) >= 11 is 0. The third-order valence-corrected chi connectivity index (χ3v) is 5.60. The van der Waals surface area contributed by atoms with Crippen LogP contribution in [0.15, 0.2) is 12.2 Å². The van der Waals surface area contributed by atoms with Gasteiger partial charge in [-0.05, 0) is 62.2 Å². The molecule has 2 aliphatic rings. The smallest absolute Gasteiger partial charge is 0.303 e. The molecule has 4 nitrogen and oxygen atoms in total. The Morgan fingerprint density at radius 3 is 2.50 bits per heavy atom. The van der Waals surface area contributed by atoms with E-state index in [0.29, 0.717) is 5.92 Å². The fraction of sp³-hybridized carbons (Fsp3) is 0.833. The van der Waals surface area contributed by atoms with Gasteiger partial charge in [-0.25, -0.2) is 0 Å². The van der Waals surface area contributed by atoms with Crippen LogP contribution in [0.5, 0.6) is 0 Å². The van der Waals surface area contributed by atoms with Crippen LogP contribution in [-0.2, 0) is 14.3 Å². The standard InChI is InChI=1S/C18H30O4/c1-21-18(22-2)12-16-14-10-9-13(11-14)15(16)7-5-3-4-6-8-17(19)20/h3,5,13-16,18H,4,6-12H2,1-2H3,(H,19,20)/t13-,14+,15-,16+/m0/s1. The monoisotopic (exact) mass is 310 g/mol. The van der Waals surface area contributed by atoms with Crippen molar-refractivity contribution in [2.24, 2.45) is 23.7 Å². The summed E-state index contributed by atoms with van der Waals surface area (Å²) in [5.41, 5.74) is 0. The summed E-state index contributed by atoms with van der Waals surface area (Å²) in [6, 6.07) is 0. The van der Waals surface area contributed by atoms with E-state index in [1.165, 1.54) is 19.3 Å². The second-order valence-corrected chi connectivity index (χ2v) is 6.79. The molecule has 0 amide bonds. The lowest BCUT2D eigenvalue weighted by molar-refractivity contribution is -0.137. The number of aliphatic carboxylic acids is 1. The lowest BCUT2D eigenvalue weighted by atomic mass is 9.75. The number of hydrogen-bond acceptors (Lipinski definition) is 3. The number of carbonyl (C=O) groups is 1. The van der Waals surface area contributed by atoms with Gasteiger partial charge in [-0.1, -0.05) is 12.2 Å². The number of hydrogen-bond donors (Lipinski definition) is 1. The first kappa shape index (κ1) is 17.5. The summed E-state index contributed by atoms with van der Waals surface area (Å²) < 4.78 is 10.8. The highest BCUT2D eigenvalue weighted by atomic mass is 16.7. The molecule has 0 aromatic heterocycles. The minimum Gasteiger partial charge on any atom is -0.481 e. The van der Waals surface area contributed by atoms with Crippen molar-refractivity contribution in [2.45, 2.75) is 57.7 Å². The van der Waals surface area contributed by atoms with Crippen molar-refractivity contribution in [3.8, 4) is 0 Å². The molecule has 0 aliphatic heterocycles. The van der Waals surface area contributed by atoms with Crippen LogP contribution in [0.3, 0.4) is 0 Å². The molecule has 2 bridgehead atoms. The molecule has 4 heteroatoms. The van der Waals surface area contributed by atoms with Gasteiger partial charge in [0.15, 0.2) is 6.29 Å². The molecule has 2 saturated carbocycles. The highest BCUT2D eigenvalue weighted by molar-refractivity contribution is 5.66. The first-order valence-electron chi connectivity index (χ1n) is 8.58. The first-order valence-corrected chi connectivity index (χ1v) is 8.58. The third-order valence-electron chi connectivity index (χ3n) is 5.60. The second-order valence-electron chi connectivity index (χ2n) is 6.79. The maximum atomic E-state index is 10.5. The van der Waals surface area contributed by atoms with Gasteiger partial charge in [0.25, 0.3) is 0 Å². The van der Waals surface area contributed by atoms with Gasteiger partial charge in [0.2, 0.25) is 0 Å². The SMILES string of the molecule is COC(C[C@@H]1[C@@H]2CC[C@@H](C2)[C@@H]1CC=CCCCC(=O)O)OC. The molecule has 22 heavy (non-hydrogen) atoms. The van der Waals surface area contributed by atoms with Crippen molar-refractivity contribution in [3.63, 3.8) is 0 Å². The van der Waals surface area contributed by atoms with E-state index in [-0.39, 0.29) is 12.7 Å². The lowest BCUT2D eigenvalue weighted by Gasteiger charge is -2.32. The van der Waals surface area contributed by atoms with Gasteiger partial charge >= 0.3 is 5.97 Å². The number of fused-ring (bicyclic) bond motifs is 2. The fourth-order valence-corrected chi connectivity index (χ4v) is 4.52. The maximum Gasteiger partial charge on any atom is 0.303 e. The molecule has 2 aliphatic carbocycles. The highest BCUT2D eigenvalue weighted by Gasteiger charge is 2.47. The van der Waals surface area contributed by atoms with Crippen molar-refractivity contribution in [1.29, 1.82) is 0 Å². The lowest BCUT2D eigenvalue weighted by Crippen LogP contribution is -2.28. The Hall–Kier alpha value is -0.870. The molecule has 0 radical (unpaired) electrons. The summed E-state index contributed by atoms with van der Waals surface area (Å²) in [5, 5.41) is 8.63. The molecule has 0 unspecified atom stereocenters. The summed E-state index contributed by atoms with van der Waals surface area (Å²) in [7, 11) is 3.44. The Labute approximate surface area is 133 Å². The summed E-state index contributed by atoms with van der Waals surface area (Å²) in [6.45, 7) is 0. The predicted octanol–water partition coefficient (Wildman–Crippen LogP) is 3.86. The normalized spacial score (nSPS) is 30.7. The molecule has 2 fully saturated rings. The van der Waals surface area contributed by atoms with Crippen molar-refractivity contribution >= 4 is 5.97 Å². The van der Waals surface area contributed by atoms with E-state index in [0.717, 1.165) is 43.4 Å². The molecule has 0 aromatic carbocycles. The van der Waals surface area contributed by atoms with Crippen LogP contribution in [-0.4, -0.2) is 31.6 Å². The van der Waals surface area contributed by atoms with Crippen molar-refractivity contribution in [2.75, 3.05) is 14.2 Å². The number of allylic oxidation sites excluding steroid dienone is 2. The van der Waals surface area contributed by atoms with Crippen LogP contribution in [0.25, 0.3) is 0 Å². The molecular weight excluding hydrogens is 280 g/mol. The van der Waals surface area contributed by atoms with Crippen LogP contribution in [0, 0.1) is 23.7 Å². The molecule has 126 valence electrons. The number of methoxy groups -OCH3 is 2. The van der Waals surface area contributed by atoms with Crippen LogP contribution < -0.4 is 0 Å². The van der Waals surface area contributed by atoms with E-state index >= 15 is 0 Å². The molecule has 1 N–H and O–H groups in total. The van der Waals surface area contributed by atoms with E-state index in [2.05, 4.69) is 12.2 Å². The molecule has 0 heterocycles. The Morgan fingerprint density at radius 2 is 1.86 bits per heavy atom. The number of carboxylic acids is 1. The van der Waals surface area contributed by atoms with Crippen LogP contribution >= 0.6 is 0 Å². The Balaban J connectivity index is 1.80. The summed E-state index contributed by atoms with van der Waals surface area (Å²) in [4.78, 5) is 10.5. The molecule has 2 rings (SSSR count). The molecule has 0 spiro atoms. The number of carboxylic acid groups (broad SMARTS) is 1. The molecular formula is C18H30O4. The first-order chi connectivity index (χ1) is 10.7. The second kappa shape index (κ2) is 8.68. The van der Waals surface area contributed by atoms with Crippen LogP contribution in [0.2, 0.25) is 0 Å². The summed E-state index contributed by atoms with van der Waals surface area (Å²) in [6.07, 6.45) is 12.5.